The van der Waals surface area contributed by atoms with Crippen LogP contribution in [0.15, 0.2) is 5.11 Å². The highest BCUT2D eigenvalue weighted by Gasteiger charge is 2.01. The lowest BCUT2D eigenvalue weighted by atomic mass is 10.3. The van der Waals surface area contributed by atoms with Crippen molar-refractivity contribution in [3.63, 3.8) is 0 Å². The van der Waals surface area contributed by atoms with Gasteiger partial charge in [-0.25, -0.2) is 0 Å². The number of azide groups is 1. The summed E-state index contributed by atoms with van der Waals surface area (Å²) in [5, 5.41) is 11.2. The zero-order valence-corrected chi connectivity index (χ0v) is 5.27. The topological polar surface area (TPSA) is 112 Å². The number of carboxylic acids is 1. The average Bonchev–Trinajstić information content (AvgIpc) is 1.85. The van der Waals surface area contributed by atoms with Crippen LogP contribution in [0.4, 0.5) is 0 Å². The summed E-state index contributed by atoms with van der Waals surface area (Å²) >= 11 is 0. The molecule has 0 aliphatic rings. The molecule has 0 saturated heterocycles. The highest BCUT2D eigenvalue weighted by Crippen LogP contribution is 1.94. The van der Waals surface area contributed by atoms with Crippen molar-refractivity contribution in [2.24, 2.45) is 10.8 Å². The third-order valence-corrected chi connectivity index (χ3v) is 0.854. The van der Waals surface area contributed by atoms with Gasteiger partial charge in [-0.1, -0.05) is 5.11 Å². The maximum atomic E-state index is 9.92. The van der Waals surface area contributed by atoms with Gasteiger partial charge in [0.05, 0.1) is 6.17 Å². The van der Waals surface area contributed by atoms with Gasteiger partial charge in [-0.3, -0.25) is 4.79 Å². The van der Waals surface area contributed by atoms with E-state index in [1.54, 1.807) is 0 Å². The molecule has 10 heavy (non-hydrogen) atoms. The summed E-state index contributed by atoms with van der Waals surface area (Å²) in [4.78, 5) is 12.3. The second-order valence-electron chi connectivity index (χ2n) is 1.70. The quantitative estimate of drug-likeness (QED) is 0.339. The Labute approximate surface area is 57.3 Å². The summed E-state index contributed by atoms with van der Waals surface area (Å²) in [5.41, 5.74) is 13.0. The molecule has 0 heterocycles. The van der Waals surface area contributed by atoms with Gasteiger partial charge in [0.15, 0.2) is 0 Å². The summed E-state index contributed by atoms with van der Waals surface area (Å²) in [6.07, 6.45) is -0.611. The lowest BCUT2D eigenvalue weighted by Crippen LogP contribution is -2.17. The number of aliphatic carboxylic acids is 1. The normalized spacial score (nSPS) is 11.7. The number of nitrogens with two attached hydrogens (primary N) is 1. The second-order valence-corrected chi connectivity index (χ2v) is 1.70. The molecule has 1 atom stereocenters. The summed E-state index contributed by atoms with van der Waals surface area (Å²) in [7, 11) is 0. The molecule has 0 aromatic carbocycles. The van der Waals surface area contributed by atoms with E-state index in [4.69, 9.17) is 16.4 Å². The molecule has 6 heteroatoms. The minimum Gasteiger partial charge on any atom is -0.481 e. The molecule has 0 spiro atoms. The molecule has 0 rings (SSSR count). The third-order valence-electron chi connectivity index (χ3n) is 0.854. The molecule has 56 valence electrons. The van der Waals surface area contributed by atoms with Crippen LogP contribution >= 0.6 is 0 Å². The van der Waals surface area contributed by atoms with Crippen LogP contribution < -0.4 is 5.73 Å². The van der Waals surface area contributed by atoms with Crippen LogP contribution in [-0.4, -0.2) is 17.2 Å². The number of carbonyl (C=O) groups is 1. The fraction of sp³-hybridized carbons (Fsp3) is 0.750. The Morgan fingerprint density at radius 1 is 1.90 bits per heavy atom. The largest absolute Gasteiger partial charge is 0.481 e. The highest BCUT2D eigenvalue weighted by atomic mass is 16.4. The Morgan fingerprint density at radius 2 is 2.50 bits per heavy atom. The van der Waals surface area contributed by atoms with E-state index >= 15 is 0 Å². The van der Waals surface area contributed by atoms with E-state index in [-0.39, 0.29) is 12.8 Å². The van der Waals surface area contributed by atoms with Crippen LogP contribution in [-0.2, 0) is 4.79 Å². The van der Waals surface area contributed by atoms with E-state index in [9.17, 15) is 4.79 Å². The highest BCUT2D eigenvalue weighted by molar-refractivity contribution is 5.66. The van der Waals surface area contributed by atoms with Crippen molar-refractivity contribution in [2.45, 2.75) is 19.0 Å². The van der Waals surface area contributed by atoms with Gasteiger partial charge < -0.3 is 10.8 Å². The Morgan fingerprint density at radius 3 is 2.90 bits per heavy atom. The van der Waals surface area contributed by atoms with Crippen molar-refractivity contribution in [3.8, 4) is 0 Å². The van der Waals surface area contributed by atoms with E-state index in [0.717, 1.165) is 0 Å². The maximum absolute atomic E-state index is 9.92. The molecule has 1 unspecified atom stereocenters. The first-order valence-electron chi connectivity index (χ1n) is 2.68. The molecule has 0 amide bonds. The molecule has 0 aliphatic carbocycles. The van der Waals surface area contributed by atoms with Gasteiger partial charge in [-0.15, -0.1) is 0 Å². The van der Waals surface area contributed by atoms with Crippen molar-refractivity contribution in [3.05, 3.63) is 10.4 Å². The molecular weight excluding hydrogens is 136 g/mol. The maximum Gasteiger partial charge on any atom is 0.303 e. The van der Waals surface area contributed by atoms with Crippen LogP contribution in [0.2, 0.25) is 0 Å². The SMILES string of the molecule is [N-]=[N+]=NC(N)CCC(=O)O. The lowest BCUT2D eigenvalue weighted by molar-refractivity contribution is -0.137. The Hall–Kier alpha value is -1.26. The molecule has 0 aromatic rings. The van der Waals surface area contributed by atoms with Gasteiger partial charge in [0.1, 0.15) is 0 Å². The van der Waals surface area contributed by atoms with Crippen LogP contribution in [0, 0.1) is 0 Å². The van der Waals surface area contributed by atoms with Gasteiger partial charge >= 0.3 is 5.97 Å². The first-order chi connectivity index (χ1) is 4.66. The standard InChI is InChI=1S/C4H8N4O2/c5-3(7-8-6)1-2-4(9)10/h3H,1-2,5H2,(H,9,10). The Kier molecular flexibility index (Phi) is 4.02. The van der Waals surface area contributed by atoms with E-state index < -0.39 is 12.1 Å². The smallest absolute Gasteiger partial charge is 0.303 e. The number of rotatable bonds is 4. The zero-order valence-electron chi connectivity index (χ0n) is 5.27. The fourth-order valence-corrected chi connectivity index (χ4v) is 0.395. The lowest BCUT2D eigenvalue weighted by Gasteiger charge is -1.98. The molecular formula is C4H8N4O2. The minimum atomic E-state index is -0.941. The van der Waals surface area contributed by atoms with E-state index in [2.05, 4.69) is 10.0 Å². The first kappa shape index (κ1) is 8.74. The van der Waals surface area contributed by atoms with Crippen molar-refractivity contribution in [2.75, 3.05) is 0 Å². The van der Waals surface area contributed by atoms with Gasteiger partial charge in [0, 0.05) is 11.3 Å². The molecule has 0 bridgehead atoms. The summed E-state index contributed by atoms with van der Waals surface area (Å²) in [5.74, 6) is -0.941. The van der Waals surface area contributed by atoms with Crippen LogP contribution in [0.25, 0.3) is 10.4 Å². The molecule has 0 aromatic heterocycles. The van der Waals surface area contributed by atoms with Gasteiger partial charge in [0.25, 0.3) is 0 Å². The van der Waals surface area contributed by atoms with E-state index in [1.165, 1.54) is 0 Å². The molecule has 0 fully saturated rings. The number of hydrogen-bond donors (Lipinski definition) is 2. The van der Waals surface area contributed by atoms with E-state index in [0.29, 0.717) is 0 Å². The van der Waals surface area contributed by atoms with Crippen LogP contribution in [0.1, 0.15) is 12.8 Å². The van der Waals surface area contributed by atoms with Crippen LogP contribution in [0.3, 0.4) is 0 Å². The molecule has 0 radical (unpaired) electrons. The predicted molar refractivity (Wildman–Crippen MR) is 34.0 cm³/mol. The number of hydrogen-bond acceptors (Lipinski definition) is 3. The predicted octanol–water partition coefficient (Wildman–Crippen LogP) is 0.446. The van der Waals surface area contributed by atoms with Crippen molar-refractivity contribution in [1.82, 2.24) is 0 Å². The first-order valence-corrected chi connectivity index (χ1v) is 2.68. The summed E-state index contributed by atoms with van der Waals surface area (Å²) in [6.45, 7) is 0. The molecule has 0 aliphatic heterocycles. The van der Waals surface area contributed by atoms with Gasteiger partial charge in [-0.2, -0.15) is 0 Å². The summed E-state index contributed by atoms with van der Waals surface area (Å²) < 4.78 is 0. The average molecular weight is 144 g/mol. The Balaban J connectivity index is 3.48. The Bertz CT molecular complexity index is 163. The van der Waals surface area contributed by atoms with Crippen molar-refractivity contribution >= 4 is 5.97 Å². The summed E-state index contributed by atoms with van der Waals surface area (Å²) in [6, 6.07) is 0. The van der Waals surface area contributed by atoms with Gasteiger partial charge in [0.2, 0.25) is 0 Å². The van der Waals surface area contributed by atoms with Crippen LogP contribution in [0.5, 0.6) is 0 Å². The van der Waals surface area contributed by atoms with E-state index in [1.807, 2.05) is 0 Å². The molecule has 6 nitrogen and oxygen atoms in total. The zero-order chi connectivity index (χ0) is 7.98. The molecule has 0 saturated carbocycles. The molecule has 3 N–H and O–H groups in total. The monoisotopic (exact) mass is 144 g/mol. The number of nitrogens with zero attached hydrogens (tertiary/aromatic N) is 3. The number of carboxylic acid groups (broad SMARTS) is 1. The van der Waals surface area contributed by atoms with Crippen molar-refractivity contribution < 1.29 is 9.90 Å². The fourth-order valence-electron chi connectivity index (χ4n) is 0.395. The minimum absolute atomic E-state index is 0.0693. The second kappa shape index (κ2) is 4.60. The van der Waals surface area contributed by atoms with Gasteiger partial charge in [-0.05, 0) is 12.0 Å². The third kappa shape index (κ3) is 4.89. The van der Waals surface area contributed by atoms with Crippen molar-refractivity contribution in [1.29, 1.82) is 0 Å².